The first-order chi connectivity index (χ1) is 19.4. The van der Waals surface area contributed by atoms with E-state index in [1.807, 2.05) is 73.7 Å². The molecule has 0 unspecified atom stereocenters. The molecule has 4 aromatic rings. The molecule has 0 saturated heterocycles. The smallest absolute Gasteiger partial charge is 0.339 e. The molecule has 5 rings (SSSR count). The quantitative estimate of drug-likeness (QED) is 0.213. The first-order valence-electron chi connectivity index (χ1n) is 12.9. The molecular weight excluding hydrogens is 504 g/mol. The van der Waals surface area contributed by atoms with Gasteiger partial charge in [0.1, 0.15) is 5.75 Å². The van der Waals surface area contributed by atoms with E-state index in [-0.39, 0.29) is 23.0 Å². The third-order valence-electron chi connectivity index (χ3n) is 6.81. The van der Waals surface area contributed by atoms with Crippen LogP contribution in [0.25, 0.3) is 0 Å². The number of carbonyl (C=O) groups excluding carboxylic acids is 3. The minimum atomic E-state index is -0.753. The molecule has 4 aromatic carbocycles. The fourth-order valence-corrected chi connectivity index (χ4v) is 4.62. The summed E-state index contributed by atoms with van der Waals surface area (Å²) in [6, 6.07) is 30.3. The number of rotatable bonds is 8. The van der Waals surface area contributed by atoms with Crippen LogP contribution in [0.3, 0.4) is 0 Å². The molecule has 7 nitrogen and oxygen atoms in total. The lowest BCUT2D eigenvalue weighted by molar-refractivity contribution is -0.136. The molecule has 1 atom stereocenters. The van der Waals surface area contributed by atoms with E-state index in [1.54, 1.807) is 37.4 Å². The van der Waals surface area contributed by atoms with Gasteiger partial charge in [-0.1, -0.05) is 90.5 Å². The average molecular weight is 533 g/mol. The van der Waals surface area contributed by atoms with Crippen molar-refractivity contribution in [2.45, 2.75) is 19.4 Å². The molecule has 0 aliphatic carbocycles. The Morgan fingerprint density at radius 1 is 0.825 bits per heavy atom. The number of ether oxygens (including phenoxy) is 2. The first-order valence-corrected chi connectivity index (χ1v) is 12.9. The zero-order valence-electron chi connectivity index (χ0n) is 22.2. The third-order valence-corrected chi connectivity index (χ3v) is 6.81. The molecular formula is C33H28N2O5. The minimum Gasteiger partial charge on any atom is -0.497 e. The molecule has 7 heteroatoms. The molecule has 0 saturated carbocycles. The first kappa shape index (κ1) is 26.6. The Labute approximate surface area is 232 Å². The van der Waals surface area contributed by atoms with Gasteiger partial charge in [-0.25, -0.2) is 9.80 Å². The number of esters is 1. The second kappa shape index (κ2) is 11.8. The van der Waals surface area contributed by atoms with Gasteiger partial charge in [-0.2, -0.15) is 5.10 Å². The van der Waals surface area contributed by atoms with Crippen LogP contribution in [0.5, 0.6) is 5.75 Å². The summed E-state index contributed by atoms with van der Waals surface area (Å²) < 4.78 is 10.7. The van der Waals surface area contributed by atoms with E-state index in [0.717, 1.165) is 22.4 Å². The van der Waals surface area contributed by atoms with Gasteiger partial charge < -0.3 is 9.47 Å². The third kappa shape index (κ3) is 5.68. The van der Waals surface area contributed by atoms with Gasteiger partial charge in [0, 0.05) is 17.5 Å². The highest BCUT2D eigenvalue weighted by Gasteiger charge is 2.34. The predicted molar refractivity (Wildman–Crippen MR) is 152 cm³/mol. The molecule has 0 radical (unpaired) electrons. The lowest BCUT2D eigenvalue weighted by atomic mass is 9.98. The fourth-order valence-electron chi connectivity index (χ4n) is 4.62. The fraction of sp³-hybridized carbons (Fsp3) is 0.152. The van der Waals surface area contributed by atoms with E-state index in [9.17, 15) is 14.4 Å². The van der Waals surface area contributed by atoms with E-state index in [4.69, 9.17) is 9.47 Å². The van der Waals surface area contributed by atoms with Gasteiger partial charge in [0.05, 0.1) is 24.4 Å². The van der Waals surface area contributed by atoms with Crippen molar-refractivity contribution in [2.75, 3.05) is 13.7 Å². The van der Waals surface area contributed by atoms with Crippen molar-refractivity contribution in [1.29, 1.82) is 0 Å². The van der Waals surface area contributed by atoms with E-state index in [2.05, 4.69) is 5.10 Å². The Hall–Kier alpha value is -5.04. The monoisotopic (exact) mass is 532 g/mol. The van der Waals surface area contributed by atoms with Gasteiger partial charge in [-0.15, -0.1) is 0 Å². The van der Waals surface area contributed by atoms with Crippen LogP contribution in [-0.4, -0.2) is 42.1 Å². The summed E-state index contributed by atoms with van der Waals surface area (Å²) in [4.78, 5) is 39.6. The maximum atomic E-state index is 13.4. The zero-order chi connectivity index (χ0) is 28.1. The summed E-state index contributed by atoms with van der Waals surface area (Å²) in [7, 11) is 1.60. The summed E-state index contributed by atoms with van der Waals surface area (Å²) >= 11 is 0. The summed E-state index contributed by atoms with van der Waals surface area (Å²) in [5.74, 6) is -0.814. The summed E-state index contributed by atoms with van der Waals surface area (Å²) in [6.07, 6.45) is 0.504. The number of nitrogens with zero attached hydrogens (tertiary/aromatic N) is 2. The summed E-state index contributed by atoms with van der Waals surface area (Å²) in [5.41, 5.74) is 4.35. The van der Waals surface area contributed by atoms with Crippen LogP contribution < -0.4 is 4.74 Å². The molecule has 0 aromatic heterocycles. The number of ketones is 1. The molecule has 1 amide bonds. The number of benzene rings is 4. The maximum Gasteiger partial charge on any atom is 0.339 e. The van der Waals surface area contributed by atoms with E-state index < -0.39 is 18.5 Å². The number of carbonyl (C=O) groups is 3. The molecule has 1 aliphatic rings. The van der Waals surface area contributed by atoms with Gasteiger partial charge in [0.2, 0.25) is 0 Å². The SMILES string of the molecule is COc1ccc([C@@H]2CC(c3ccccc3)=NN2C(=O)COC(=O)c2ccccc2C(=O)c2ccc(C)cc2)cc1. The molecule has 0 fully saturated rings. The lowest BCUT2D eigenvalue weighted by Crippen LogP contribution is -2.31. The molecule has 40 heavy (non-hydrogen) atoms. The topological polar surface area (TPSA) is 85.3 Å². The van der Waals surface area contributed by atoms with Gasteiger partial charge in [0.25, 0.3) is 5.91 Å². The average Bonchev–Trinajstić information content (AvgIpc) is 3.46. The van der Waals surface area contributed by atoms with Crippen molar-refractivity contribution >= 4 is 23.4 Å². The van der Waals surface area contributed by atoms with Crippen LogP contribution in [-0.2, 0) is 9.53 Å². The summed E-state index contributed by atoms with van der Waals surface area (Å²) in [6.45, 7) is 1.41. The standard InChI is InChI=1S/C33H28N2O5/c1-22-12-14-25(15-13-22)32(37)27-10-6-7-11-28(27)33(38)40-21-31(36)35-30(24-16-18-26(39-2)19-17-24)20-29(34-35)23-8-4-3-5-9-23/h3-19,30H,20-21H2,1-2H3/t30-/m0/s1. The van der Waals surface area contributed by atoms with Crippen LogP contribution in [0.1, 0.15) is 55.4 Å². The van der Waals surface area contributed by atoms with Crippen molar-refractivity contribution < 1.29 is 23.9 Å². The Morgan fingerprint density at radius 3 is 2.15 bits per heavy atom. The maximum absolute atomic E-state index is 13.4. The molecule has 0 N–H and O–H groups in total. The van der Waals surface area contributed by atoms with E-state index in [1.165, 1.54) is 11.1 Å². The molecule has 0 spiro atoms. The van der Waals surface area contributed by atoms with Gasteiger partial charge >= 0.3 is 5.97 Å². The molecule has 200 valence electrons. The minimum absolute atomic E-state index is 0.0995. The number of hydrogen-bond donors (Lipinski definition) is 0. The van der Waals surface area contributed by atoms with Crippen molar-refractivity contribution in [3.63, 3.8) is 0 Å². The lowest BCUT2D eigenvalue weighted by Gasteiger charge is -2.22. The number of hydrazone groups is 1. The van der Waals surface area contributed by atoms with E-state index in [0.29, 0.717) is 17.7 Å². The van der Waals surface area contributed by atoms with Crippen molar-refractivity contribution in [2.24, 2.45) is 5.10 Å². The van der Waals surface area contributed by atoms with Crippen molar-refractivity contribution in [1.82, 2.24) is 5.01 Å². The number of amides is 1. The highest BCUT2D eigenvalue weighted by atomic mass is 16.5. The largest absolute Gasteiger partial charge is 0.497 e. The Morgan fingerprint density at radius 2 is 1.48 bits per heavy atom. The van der Waals surface area contributed by atoms with Crippen LogP contribution in [0.15, 0.2) is 108 Å². The van der Waals surface area contributed by atoms with Crippen LogP contribution >= 0.6 is 0 Å². The van der Waals surface area contributed by atoms with Gasteiger partial charge in [-0.3, -0.25) is 9.59 Å². The Bertz CT molecular complexity index is 1560. The van der Waals surface area contributed by atoms with Crippen LogP contribution in [0.4, 0.5) is 0 Å². The van der Waals surface area contributed by atoms with E-state index >= 15 is 0 Å². The second-order valence-corrected chi connectivity index (χ2v) is 9.46. The Kier molecular flexibility index (Phi) is 7.82. The van der Waals surface area contributed by atoms with Crippen molar-refractivity contribution in [3.05, 3.63) is 137 Å². The van der Waals surface area contributed by atoms with Gasteiger partial charge in [-0.05, 0) is 36.2 Å². The van der Waals surface area contributed by atoms with Gasteiger partial charge in [0.15, 0.2) is 12.4 Å². The molecule has 1 aliphatic heterocycles. The highest BCUT2D eigenvalue weighted by molar-refractivity contribution is 6.14. The Balaban J connectivity index is 1.35. The molecule has 1 heterocycles. The zero-order valence-corrected chi connectivity index (χ0v) is 22.2. The van der Waals surface area contributed by atoms with Crippen molar-refractivity contribution in [3.8, 4) is 5.75 Å². The second-order valence-electron chi connectivity index (χ2n) is 9.46. The van der Waals surface area contributed by atoms with Crippen LogP contribution in [0, 0.1) is 6.92 Å². The van der Waals surface area contributed by atoms with Crippen LogP contribution in [0.2, 0.25) is 0 Å². The molecule has 0 bridgehead atoms. The highest BCUT2D eigenvalue weighted by Crippen LogP contribution is 2.33. The summed E-state index contributed by atoms with van der Waals surface area (Å²) in [5, 5.41) is 6.00. The number of methoxy groups -OCH3 is 1. The predicted octanol–water partition coefficient (Wildman–Crippen LogP) is 5.77. The number of aryl methyl sites for hydroxylation is 1. The number of hydrogen-bond acceptors (Lipinski definition) is 6. The normalized spacial score (nSPS) is 14.4.